The van der Waals surface area contributed by atoms with Crippen molar-refractivity contribution >= 4 is 11.6 Å². The summed E-state index contributed by atoms with van der Waals surface area (Å²) in [5.74, 6) is -0.507. The molecule has 0 fully saturated rings. The van der Waals surface area contributed by atoms with Crippen LogP contribution in [-0.4, -0.2) is 5.91 Å². The maximum Gasteiger partial charge on any atom is 0.264 e. The van der Waals surface area contributed by atoms with E-state index in [9.17, 15) is 10.1 Å². The predicted octanol–water partition coefficient (Wildman–Crippen LogP) is 4.28. The van der Waals surface area contributed by atoms with Gasteiger partial charge in [-0.05, 0) is 23.3 Å². The second kappa shape index (κ2) is 9.55. The van der Waals surface area contributed by atoms with Gasteiger partial charge in [-0.15, -0.1) is 0 Å². The molecule has 0 radical (unpaired) electrons. The van der Waals surface area contributed by atoms with Gasteiger partial charge in [-0.3, -0.25) is 4.79 Å². The number of nitrogens with zero attached hydrogens (tertiary/aromatic N) is 2. The highest BCUT2D eigenvalue weighted by atomic mass is 16.1. The van der Waals surface area contributed by atoms with Crippen molar-refractivity contribution in [2.24, 2.45) is 0 Å². The molecule has 140 valence electrons. The van der Waals surface area contributed by atoms with E-state index in [2.05, 4.69) is 16.7 Å². The Morgan fingerprint density at radius 1 is 0.828 bits per heavy atom. The summed E-state index contributed by atoms with van der Waals surface area (Å²) < 4.78 is 0. The van der Waals surface area contributed by atoms with E-state index in [0.29, 0.717) is 11.3 Å². The van der Waals surface area contributed by atoms with Crippen molar-refractivity contribution < 1.29 is 4.79 Å². The van der Waals surface area contributed by atoms with Gasteiger partial charge in [-0.2, -0.15) is 10.5 Å². The molecule has 3 aromatic carbocycles. The Balaban J connectivity index is 1.84. The molecule has 0 aliphatic heterocycles. The number of para-hydroxylation sites is 1. The molecule has 2 N–H and O–H groups in total. The van der Waals surface area contributed by atoms with Crippen LogP contribution in [0.15, 0.2) is 96.7 Å². The van der Waals surface area contributed by atoms with Gasteiger partial charge in [0, 0.05) is 6.20 Å². The summed E-state index contributed by atoms with van der Waals surface area (Å²) in [5, 5.41) is 24.4. The highest BCUT2D eigenvalue weighted by Gasteiger charge is 2.19. The van der Waals surface area contributed by atoms with Crippen molar-refractivity contribution in [1.82, 2.24) is 5.32 Å². The smallest absolute Gasteiger partial charge is 0.264 e. The molecule has 0 atom stereocenters. The van der Waals surface area contributed by atoms with Gasteiger partial charge in [0.2, 0.25) is 0 Å². The Hall–Kier alpha value is -4.35. The number of anilines is 1. The minimum Gasteiger partial charge on any atom is -0.359 e. The summed E-state index contributed by atoms with van der Waals surface area (Å²) in [6, 6.07) is 29.6. The third kappa shape index (κ3) is 4.88. The van der Waals surface area contributed by atoms with Gasteiger partial charge < -0.3 is 10.6 Å². The number of amides is 1. The summed E-state index contributed by atoms with van der Waals surface area (Å²) in [5.41, 5.74) is 2.68. The van der Waals surface area contributed by atoms with Crippen molar-refractivity contribution in [3.05, 3.63) is 113 Å². The lowest BCUT2D eigenvalue weighted by molar-refractivity contribution is -0.117. The molecule has 3 rings (SSSR count). The first-order valence-corrected chi connectivity index (χ1v) is 8.99. The molecule has 5 nitrogen and oxygen atoms in total. The van der Waals surface area contributed by atoms with Gasteiger partial charge in [0.15, 0.2) is 0 Å². The third-order valence-electron chi connectivity index (χ3n) is 4.33. The number of carbonyl (C=O) groups is 1. The summed E-state index contributed by atoms with van der Waals surface area (Å²) in [4.78, 5) is 12.8. The standard InChI is InChI=1S/C24H18N4O/c25-15-20-13-7-8-14-22(20)27-17-21(16-26)24(29)28-23(18-9-3-1-4-10-18)19-11-5-2-6-12-19/h1-14,17,23,27H,(H,28,29)/b21-17-. The predicted molar refractivity (Wildman–Crippen MR) is 111 cm³/mol. The largest absolute Gasteiger partial charge is 0.359 e. The van der Waals surface area contributed by atoms with Gasteiger partial charge in [-0.1, -0.05) is 72.8 Å². The topological polar surface area (TPSA) is 88.7 Å². The van der Waals surface area contributed by atoms with Crippen LogP contribution in [0.5, 0.6) is 0 Å². The number of rotatable bonds is 6. The van der Waals surface area contributed by atoms with E-state index in [1.807, 2.05) is 66.7 Å². The second-order valence-corrected chi connectivity index (χ2v) is 6.20. The van der Waals surface area contributed by atoms with Crippen LogP contribution in [0.2, 0.25) is 0 Å². The highest BCUT2D eigenvalue weighted by Crippen LogP contribution is 2.22. The number of benzene rings is 3. The van der Waals surface area contributed by atoms with E-state index in [1.165, 1.54) is 6.20 Å². The molecule has 3 aromatic rings. The van der Waals surface area contributed by atoms with Crippen LogP contribution in [0.25, 0.3) is 0 Å². The fourth-order valence-corrected chi connectivity index (χ4v) is 2.86. The van der Waals surface area contributed by atoms with Crippen LogP contribution >= 0.6 is 0 Å². The zero-order valence-corrected chi connectivity index (χ0v) is 15.5. The number of nitriles is 2. The first kappa shape index (κ1) is 19.4. The average Bonchev–Trinajstić information content (AvgIpc) is 2.79. The lowest BCUT2D eigenvalue weighted by atomic mass is 9.98. The van der Waals surface area contributed by atoms with Crippen molar-refractivity contribution in [2.45, 2.75) is 6.04 Å². The molecule has 0 spiro atoms. The molecular weight excluding hydrogens is 360 g/mol. The molecule has 0 saturated heterocycles. The molecule has 0 aromatic heterocycles. The van der Waals surface area contributed by atoms with Crippen LogP contribution in [0.1, 0.15) is 22.7 Å². The number of nitrogens with one attached hydrogen (secondary N) is 2. The summed E-state index contributed by atoms with van der Waals surface area (Å²) in [7, 11) is 0. The van der Waals surface area contributed by atoms with Crippen LogP contribution in [0.4, 0.5) is 5.69 Å². The normalized spacial score (nSPS) is 10.7. The van der Waals surface area contributed by atoms with Crippen molar-refractivity contribution in [1.29, 1.82) is 10.5 Å². The summed E-state index contributed by atoms with van der Waals surface area (Å²) in [6.07, 6.45) is 1.32. The van der Waals surface area contributed by atoms with Crippen LogP contribution < -0.4 is 10.6 Å². The zero-order valence-electron chi connectivity index (χ0n) is 15.5. The van der Waals surface area contributed by atoms with E-state index < -0.39 is 11.9 Å². The quantitative estimate of drug-likeness (QED) is 0.495. The monoisotopic (exact) mass is 378 g/mol. The molecule has 5 heteroatoms. The van der Waals surface area contributed by atoms with Crippen molar-refractivity contribution in [2.75, 3.05) is 5.32 Å². The van der Waals surface area contributed by atoms with Crippen LogP contribution in [0, 0.1) is 22.7 Å². The number of hydrogen-bond acceptors (Lipinski definition) is 4. The van der Waals surface area contributed by atoms with Gasteiger partial charge in [-0.25, -0.2) is 0 Å². The SMILES string of the molecule is N#C/C(=C/Nc1ccccc1C#N)C(=O)NC(c1ccccc1)c1ccccc1. The average molecular weight is 378 g/mol. The maximum absolute atomic E-state index is 12.8. The molecular formula is C24H18N4O. The first-order chi connectivity index (χ1) is 14.2. The molecule has 1 amide bonds. The Bertz CT molecular complexity index is 1050. The van der Waals surface area contributed by atoms with Crippen LogP contribution in [-0.2, 0) is 4.79 Å². The molecule has 0 bridgehead atoms. The van der Waals surface area contributed by atoms with Crippen molar-refractivity contribution in [3.8, 4) is 12.1 Å². The van der Waals surface area contributed by atoms with Gasteiger partial charge in [0.05, 0.1) is 17.3 Å². The molecule has 0 unspecified atom stereocenters. The molecule has 0 aliphatic rings. The minimum atomic E-state index is -0.507. The summed E-state index contributed by atoms with van der Waals surface area (Å²) >= 11 is 0. The van der Waals surface area contributed by atoms with Crippen LogP contribution in [0.3, 0.4) is 0 Å². The van der Waals surface area contributed by atoms with Gasteiger partial charge >= 0.3 is 0 Å². The molecule has 29 heavy (non-hydrogen) atoms. The van der Waals surface area contributed by atoms with Gasteiger partial charge in [0.25, 0.3) is 5.91 Å². The third-order valence-corrected chi connectivity index (χ3v) is 4.33. The molecule has 0 heterocycles. The fraction of sp³-hybridized carbons (Fsp3) is 0.0417. The first-order valence-electron chi connectivity index (χ1n) is 8.99. The minimum absolute atomic E-state index is 0.0883. The van der Waals surface area contributed by atoms with E-state index in [0.717, 1.165) is 11.1 Å². The Morgan fingerprint density at radius 2 is 1.38 bits per heavy atom. The lowest BCUT2D eigenvalue weighted by Gasteiger charge is -2.19. The Labute approximate surface area is 169 Å². The Kier molecular flexibility index (Phi) is 6.39. The maximum atomic E-state index is 12.8. The highest BCUT2D eigenvalue weighted by molar-refractivity contribution is 5.98. The van der Waals surface area contributed by atoms with E-state index >= 15 is 0 Å². The molecule has 0 aliphatic carbocycles. The summed E-state index contributed by atoms with van der Waals surface area (Å²) in [6.45, 7) is 0. The fourth-order valence-electron chi connectivity index (χ4n) is 2.86. The second-order valence-electron chi connectivity index (χ2n) is 6.20. The number of hydrogen-bond donors (Lipinski definition) is 2. The van der Waals surface area contributed by atoms with E-state index in [4.69, 9.17) is 5.26 Å². The van der Waals surface area contributed by atoms with Gasteiger partial charge in [0.1, 0.15) is 17.7 Å². The van der Waals surface area contributed by atoms with E-state index in [-0.39, 0.29) is 5.57 Å². The van der Waals surface area contributed by atoms with Crippen molar-refractivity contribution in [3.63, 3.8) is 0 Å². The molecule has 0 saturated carbocycles. The number of carbonyl (C=O) groups excluding carboxylic acids is 1. The Morgan fingerprint density at radius 3 is 1.93 bits per heavy atom. The zero-order chi connectivity index (χ0) is 20.5. The van der Waals surface area contributed by atoms with E-state index in [1.54, 1.807) is 24.3 Å². The lowest BCUT2D eigenvalue weighted by Crippen LogP contribution is -2.30.